The Bertz CT molecular complexity index is 1180. The summed E-state index contributed by atoms with van der Waals surface area (Å²) < 4.78 is 6.19. The molecule has 7 heteroatoms. The zero-order chi connectivity index (χ0) is 22.3. The number of hydrogen-bond acceptors (Lipinski definition) is 7. The molecular weight excluding hydrogens is 412 g/mol. The minimum absolute atomic E-state index is 0.00573. The Kier molecular flexibility index (Phi) is 5.06. The third-order valence-electron chi connectivity index (χ3n) is 6.81. The Morgan fingerprint density at radius 2 is 1.79 bits per heavy atom. The van der Waals surface area contributed by atoms with Crippen LogP contribution in [0.2, 0.25) is 0 Å². The predicted octanol–water partition coefficient (Wildman–Crippen LogP) is 3.48. The van der Waals surface area contributed by atoms with E-state index in [-0.39, 0.29) is 5.60 Å². The third-order valence-corrected chi connectivity index (χ3v) is 6.81. The first-order valence-corrected chi connectivity index (χ1v) is 11.7. The summed E-state index contributed by atoms with van der Waals surface area (Å²) in [6.07, 6.45) is 7.63. The van der Waals surface area contributed by atoms with Crippen molar-refractivity contribution in [2.24, 2.45) is 4.99 Å². The molecule has 4 heterocycles. The number of hydrogen-bond donors (Lipinski definition) is 0. The summed E-state index contributed by atoms with van der Waals surface area (Å²) in [5, 5.41) is 0. The second kappa shape index (κ2) is 8.23. The molecule has 2 fully saturated rings. The van der Waals surface area contributed by atoms with Crippen molar-refractivity contribution in [2.45, 2.75) is 38.5 Å². The maximum absolute atomic E-state index is 6.19. The van der Waals surface area contributed by atoms with Crippen LogP contribution in [-0.4, -0.2) is 57.3 Å². The van der Waals surface area contributed by atoms with E-state index in [0.717, 1.165) is 74.1 Å². The molecular formula is C26H28N6O. The molecule has 1 saturated carbocycles. The summed E-state index contributed by atoms with van der Waals surface area (Å²) in [6, 6.07) is 12.6. The maximum Gasteiger partial charge on any atom is 0.132 e. The van der Waals surface area contributed by atoms with Crippen LogP contribution in [-0.2, 0) is 13.1 Å². The van der Waals surface area contributed by atoms with E-state index in [4.69, 9.17) is 9.73 Å². The summed E-state index contributed by atoms with van der Waals surface area (Å²) in [5.41, 5.74) is 5.49. The van der Waals surface area contributed by atoms with Gasteiger partial charge in [0, 0.05) is 56.7 Å². The Balaban J connectivity index is 1.16. The van der Waals surface area contributed by atoms with Crippen molar-refractivity contribution >= 4 is 11.5 Å². The molecule has 3 aliphatic rings. The average molecular weight is 441 g/mol. The lowest BCUT2D eigenvalue weighted by atomic mass is 10.0. The van der Waals surface area contributed by atoms with Crippen molar-refractivity contribution in [2.75, 3.05) is 31.1 Å². The van der Waals surface area contributed by atoms with Gasteiger partial charge in [0.25, 0.3) is 0 Å². The molecule has 0 spiro atoms. The Labute approximate surface area is 194 Å². The Morgan fingerprint density at radius 3 is 2.58 bits per heavy atom. The first-order chi connectivity index (χ1) is 16.2. The minimum atomic E-state index is 0.00573. The predicted molar refractivity (Wildman–Crippen MR) is 128 cm³/mol. The van der Waals surface area contributed by atoms with Gasteiger partial charge in [-0.1, -0.05) is 6.07 Å². The Hall–Kier alpha value is -3.32. The minimum Gasteiger partial charge on any atom is -0.488 e. The summed E-state index contributed by atoms with van der Waals surface area (Å²) in [5.74, 6) is 1.89. The quantitative estimate of drug-likeness (QED) is 0.585. The average Bonchev–Trinajstić information content (AvgIpc) is 3.42. The summed E-state index contributed by atoms with van der Waals surface area (Å²) in [4.78, 5) is 22.9. The molecule has 2 aliphatic heterocycles. The van der Waals surface area contributed by atoms with Gasteiger partial charge in [0.2, 0.25) is 0 Å². The van der Waals surface area contributed by atoms with Crippen LogP contribution in [0.15, 0.2) is 60.1 Å². The molecule has 0 bridgehead atoms. The monoisotopic (exact) mass is 440 g/mol. The van der Waals surface area contributed by atoms with Gasteiger partial charge in [-0.2, -0.15) is 0 Å². The van der Waals surface area contributed by atoms with E-state index in [0.29, 0.717) is 6.54 Å². The highest BCUT2D eigenvalue weighted by Gasteiger charge is 2.40. The van der Waals surface area contributed by atoms with Crippen LogP contribution in [0.4, 0.5) is 5.82 Å². The number of anilines is 1. The molecule has 0 N–H and O–H groups in total. The van der Waals surface area contributed by atoms with Crippen molar-refractivity contribution in [3.05, 3.63) is 77.5 Å². The second-order valence-electron chi connectivity index (χ2n) is 9.42. The van der Waals surface area contributed by atoms with Gasteiger partial charge in [0.15, 0.2) is 0 Å². The van der Waals surface area contributed by atoms with Crippen LogP contribution >= 0.6 is 0 Å². The number of nitrogens with zero attached hydrogens (tertiary/aromatic N) is 6. The molecule has 1 aliphatic carbocycles. The van der Waals surface area contributed by atoms with Crippen molar-refractivity contribution in [3.63, 3.8) is 0 Å². The molecule has 0 radical (unpaired) electrons. The third kappa shape index (κ3) is 4.33. The zero-order valence-corrected chi connectivity index (χ0v) is 18.9. The highest BCUT2D eigenvalue weighted by atomic mass is 16.5. The van der Waals surface area contributed by atoms with E-state index < -0.39 is 0 Å². The number of piperazine rings is 1. The van der Waals surface area contributed by atoms with Crippen LogP contribution in [0.5, 0.6) is 5.75 Å². The molecule has 0 unspecified atom stereocenters. The van der Waals surface area contributed by atoms with Gasteiger partial charge in [0.05, 0.1) is 18.0 Å². The van der Waals surface area contributed by atoms with Gasteiger partial charge in [-0.15, -0.1) is 0 Å². The van der Waals surface area contributed by atoms with E-state index in [2.05, 4.69) is 68.1 Å². The number of fused-ring (bicyclic) bond motifs is 1. The smallest absolute Gasteiger partial charge is 0.132 e. The van der Waals surface area contributed by atoms with Gasteiger partial charge >= 0.3 is 0 Å². The number of rotatable bonds is 6. The highest BCUT2D eigenvalue weighted by molar-refractivity contribution is 6.14. The number of aromatic nitrogens is 3. The zero-order valence-electron chi connectivity index (χ0n) is 18.9. The molecule has 3 aromatic rings. The fourth-order valence-corrected chi connectivity index (χ4v) is 4.54. The van der Waals surface area contributed by atoms with E-state index in [1.807, 2.05) is 12.4 Å². The first-order valence-electron chi connectivity index (χ1n) is 11.7. The topological polar surface area (TPSA) is 66.7 Å². The van der Waals surface area contributed by atoms with Crippen LogP contribution in [0, 0.1) is 0 Å². The van der Waals surface area contributed by atoms with Gasteiger partial charge in [-0.05, 0) is 55.2 Å². The van der Waals surface area contributed by atoms with Crippen molar-refractivity contribution in [1.29, 1.82) is 0 Å². The van der Waals surface area contributed by atoms with Gasteiger partial charge in [-0.3, -0.25) is 14.9 Å². The summed E-state index contributed by atoms with van der Waals surface area (Å²) in [7, 11) is 0. The Morgan fingerprint density at radius 1 is 0.970 bits per heavy atom. The normalized spacial score (nSPS) is 19.2. The van der Waals surface area contributed by atoms with E-state index in [1.54, 1.807) is 6.33 Å². The highest BCUT2D eigenvalue weighted by Crippen LogP contribution is 2.40. The van der Waals surface area contributed by atoms with Crippen molar-refractivity contribution in [1.82, 2.24) is 19.9 Å². The molecule has 168 valence electrons. The van der Waals surface area contributed by atoms with E-state index in [1.165, 1.54) is 11.1 Å². The lowest BCUT2D eigenvalue weighted by Crippen LogP contribution is -2.46. The van der Waals surface area contributed by atoms with Crippen LogP contribution < -0.4 is 9.64 Å². The van der Waals surface area contributed by atoms with E-state index in [9.17, 15) is 0 Å². The standard InChI is InChI=1S/C26H28N6O/c1-26(6-7-26)33-21-3-2-20-16-28-25(22(20)14-21)23-15-24(30-18-29-23)32-12-10-31(11-13-32)17-19-4-8-27-9-5-19/h2-5,8-9,14-15,18H,6-7,10-13,16-17H2,1H3. The molecule has 7 nitrogen and oxygen atoms in total. The molecule has 6 rings (SSSR count). The van der Waals surface area contributed by atoms with Crippen LogP contribution in [0.1, 0.15) is 42.1 Å². The number of ether oxygens (including phenoxy) is 1. The summed E-state index contributed by atoms with van der Waals surface area (Å²) in [6.45, 7) is 7.72. The number of benzene rings is 1. The largest absolute Gasteiger partial charge is 0.488 e. The first kappa shape index (κ1) is 20.3. The molecule has 1 saturated heterocycles. The molecule has 2 aromatic heterocycles. The van der Waals surface area contributed by atoms with Crippen LogP contribution in [0.25, 0.3) is 0 Å². The van der Waals surface area contributed by atoms with Gasteiger partial charge < -0.3 is 9.64 Å². The SMILES string of the molecule is CC1(Oc2ccc3c(c2)C(c2cc(N4CCN(Cc5ccncc5)CC4)ncn2)=NC3)CC1. The second-order valence-corrected chi connectivity index (χ2v) is 9.42. The van der Waals surface area contributed by atoms with Crippen molar-refractivity contribution < 1.29 is 4.74 Å². The molecule has 33 heavy (non-hydrogen) atoms. The lowest BCUT2D eigenvalue weighted by Gasteiger charge is -2.35. The maximum atomic E-state index is 6.19. The van der Waals surface area contributed by atoms with Crippen molar-refractivity contribution in [3.8, 4) is 5.75 Å². The fourth-order valence-electron chi connectivity index (χ4n) is 4.54. The fraction of sp³-hybridized carbons (Fsp3) is 0.385. The summed E-state index contributed by atoms with van der Waals surface area (Å²) >= 11 is 0. The lowest BCUT2D eigenvalue weighted by molar-refractivity contribution is 0.200. The molecule has 0 amide bonds. The molecule has 0 atom stereocenters. The van der Waals surface area contributed by atoms with Gasteiger partial charge in [-0.25, -0.2) is 9.97 Å². The van der Waals surface area contributed by atoms with Gasteiger partial charge in [0.1, 0.15) is 23.5 Å². The number of pyridine rings is 1. The number of aliphatic imine (C=N–C) groups is 1. The van der Waals surface area contributed by atoms with Crippen LogP contribution in [0.3, 0.4) is 0 Å². The molecule has 1 aromatic carbocycles. The van der Waals surface area contributed by atoms with E-state index >= 15 is 0 Å².